The first-order valence-corrected chi connectivity index (χ1v) is 7.16. The van der Waals surface area contributed by atoms with Crippen molar-refractivity contribution in [1.82, 2.24) is 15.1 Å². The normalized spacial score (nSPS) is 12.5. The Morgan fingerprint density at radius 2 is 2.26 bits per heavy atom. The maximum absolute atomic E-state index is 10.0. The third-order valence-corrected chi connectivity index (χ3v) is 3.36. The van der Waals surface area contributed by atoms with Gasteiger partial charge in [0.2, 0.25) is 0 Å². The molecule has 1 aromatic carbocycles. The molecule has 0 saturated heterocycles. The first-order chi connectivity index (χ1) is 9.25. The van der Waals surface area contributed by atoms with Crippen LogP contribution < -0.4 is 5.32 Å². The minimum absolute atomic E-state index is 0.470. The quantitative estimate of drug-likeness (QED) is 0.769. The molecule has 1 atom stereocenters. The van der Waals surface area contributed by atoms with E-state index in [9.17, 15) is 5.11 Å². The molecule has 1 unspecified atom stereocenters. The average molecular weight is 324 g/mol. The van der Waals surface area contributed by atoms with Gasteiger partial charge in [-0.3, -0.25) is 4.68 Å². The van der Waals surface area contributed by atoms with Gasteiger partial charge in [0, 0.05) is 30.0 Å². The third-order valence-electron chi connectivity index (χ3n) is 2.87. The summed E-state index contributed by atoms with van der Waals surface area (Å²) in [5.74, 6) is 0. The Balaban J connectivity index is 1.65. The van der Waals surface area contributed by atoms with Gasteiger partial charge >= 0.3 is 0 Å². The number of benzene rings is 1. The smallest absolute Gasteiger partial charge is 0.0914 e. The molecule has 0 saturated carbocycles. The fourth-order valence-corrected chi connectivity index (χ4v) is 2.29. The van der Waals surface area contributed by atoms with Crippen LogP contribution >= 0.6 is 15.9 Å². The summed E-state index contributed by atoms with van der Waals surface area (Å²) in [6.45, 7) is 2.33. The lowest BCUT2D eigenvalue weighted by Crippen LogP contribution is -2.23. The van der Waals surface area contributed by atoms with Crippen LogP contribution in [0.1, 0.15) is 18.1 Å². The van der Waals surface area contributed by atoms with Crippen LogP contribution in [0.5, 0.6) is 0 Å². The van der Waals surface area contributed by atoms with E-state index < -0.39 is 6.10 Å². The highest BCUT2D eigenvalue weighted by molar-refractivity contribution is 9.10. The summed E-state index contributed by atoms with van der Waals surface area (Å²) in [7, 11) is 0. The molecule has 0 spiro atoms. The van der Waals surface area contributed by atoms with Crippen molar-refractivity contribution in [3.63, 3.8) is 0 Å². The van der Waals surface area contributed by atoms with Gasteiger partial charge in [-0.15, -0.1) is 0 Å². The van der Waals surface area contributed by atoms with Crippen LogP contribution in [0.3, 0.4) is 0 Å². The van der Waals surface area contributed by atoms with E-state index in [2.05, 4.69) is 26.3 Å². The lowest BCUT2D eigenvalue weighted by Gasteiger charge is -2.12. The van der Waals surface area contributed by atoms with Gasteiger partial charge in [-0.1, -0.05) is 28.1 Å². The highest BCUT2D eigenvalue weighted by Crippen LogP contribution is 2.17. The molecular formula is C14H18BrN3O. The first-order valence-electron chi connectivity index (χ1n) is 6.37. The van der Waals surface area contributed by atoms with Crippen molar-refractivity contribution < 1.29 is 5.11 Å². The number of aliphatic hydroxyl groups excluding tert-OH is 1. The largest absolute Gasteiger partial charge is 0.387 e. The topological polar surface area (TPSA) is 50.1 Å². The second-order valence-corrected chi connectivity index (χ2v) is 5.31. The zero-order valence-corrected chi connectivity index (χ0v) is 12.3. The minimum Gasteiger partial charge on any atom is -0.387 e. The Bertz CT molecular complexity index is 487. The second-order valence-electron chi connectivity index (χ2n) is 4.40. The number of hydrogen-bond donors (Lipinski definition) is 2. The van der Waals surface area contributed by atoms with Gasteiger partial charge < -0.3 is 10.4 Å². The molecule has 5 heteroatoms. The molecule has 0 aliphatic heterocycles. The lowest BCUT2D eigenvalue weighted by molar-refractivity contribution is 0.174. The first kappa shape index (κ1) is 14.2. The molecule has 4 nitrogen and oxygen atoms in total. The van der Waals surface area contributed by atoms with E-state index in [0.717, 1.165) is 29.5 Å². The molecule has 102 valence electrons. The van der Waals surface area contributed by atoms with Gasteiger partial charge in [-0.2, -0.15) is 5.10 Å². The molecule has 1 heterocycles. The fraction of sp³-hybridized carbons (Fsp3) is 0.357. The molecule has 19 heavy (non-hydrogen) atoms. The number of rotatable bonds is 7. The summed E-state index contributed by atoms with van der Waals surface area (Å²) in [5.41, 5.74) is 0.925. The Kier molecular flexibility index (Phi) is 5.57. The molecular weight excluding hydrogens is 306 g/mol. The van der Waals surface area contributed by atoms with E-state index in [1.807, 2.05) is 41.2 Å². The number of hydrogen-bond acceptors (Lipinski definition) is 3. The Morgan fingerprint density at radius 3 is 3.00 bits per heavy atom. The Morgan fingerprint density at radius 1 is 1.37 bits per heavy atom. The lowest BCUT2D eigenvalue weighted by atomic mass is 10.1. The molecule has 0 aliphatic carbocycles. The van der Waals surface area contributed by atoms with Crippen LogP contribution in [0.15, 0.2) is 47.2 Å². The molecule has 1 aromatic heterocycles. The zero-order chi connectivity index (χ0) is 13.5. The van der Waals surface area contributed by atoms with Crippen LogP contribution in [-0.4, -0.2) is 28.0 Å². The molecule has 2 N–H and O–H groups in total. The number of halogens is 1. The molecule has 2 aromatic rings. The predicted molar refractivity (Wildman–Crippen MR) is 78.8 cm³/mol. The highest BCUT2D eigenvalue weighted by atomic mass is 79.9. The summed E-state index contributed by atoms with van der Waals surface area (Å²) in [5, 5.41) is 17.4. The molecule has 0 fully saturated rings. The number of aromatic nitrogens is 2. The zero-order valence-electron chi connectivity index (χ0n) is 10.7. The van der Waals surface area contributed by atoms with Gasteiger partial charge in [0.15, 0.2) is 0 Å². The summed E-state index contributed by atoms with van der Waals surface area (Å²) in [6.07, 6.45) is 4.26. The summed E-state index contributed by atoms with van der Waals surface area (Å²) in [6, 6.07) is 9.68. The van der Waals surface area contributed by atoms with Crippen molar-refractivity contribution in [2.45, 2.75) is 19.1 Å². The summed E-state index contributed by atoms with van der Waals surface area (Å²) >= 11 is 3.40. The van der Waals surface area contributed by atoms with Gasteiger partial charge in [-0.25, -0.2) is 0 Å². The van der Waals surface area contributed by atoms with Crippen molar-refractivity contribution >= 4 is 15.9 Å². The van der Waals surface area contributed by atoms with E-state index in [-0.39, 0.29) is 0 Å². The molecule has 0 aliphatic rings. The van der Waals surface area contributed by atoms with Crippen LogP contribution in [0.4, 0.5) is 0 Å². The van der Waals surface area contributed by atoms with Crippen LogP contribution in [0, 0.1) is 0 Å². The van der Waals surface area contributed by atoms with E-state index in [1.165, 1.54) is 0 Å². The SMILES string of the molecule is OC(CNCCCn1cccn1)c1cccc(Br)c1. The number of aryl methyl sites for hydroxylation is 1. The van der Waals surface area contributed by atoms with E-state index in [1.54, 1.807) is 6.20 Å². The van der Waals surface area contributed by atoms with Crippen molar-refractivity contribution in [2.24, 2.45) is 0 Å². The molecule has 0 amide bonds. The van der Waals surface area contributed by atoms with Gasteiger partial charge in [0.05, 0.1) is 6.10 Å². The maximum atomic E-state index is 10.0. The van der Waals surface area contributed by atoms with Crippen LogP contribution in [-0.2, 0) is 6.54 Å². The summed E-state index contributed by atoms with van der Waals surface area (Å²) < 4.78 is 2.90. The second kappa shape index (κ2) is 7.43. The van der Waals surface area contributed by atoms with Crippen molar-refractivity contribution in [3.05, 3.63) is 52.8 Å². The van der Waals surface area contributed by atoms with E-state index >= 15 is 0 Å². The standard InChI is InChI=1S/C14H18BrN3O/c15-13-5-1-4-12(10-13)14(19)11-16-6-2-8-18-9-3-7-17-18/h1,3-5,7,9-10,14,16,19H,2,6,8,11H2. The Hall–Kier alpha value is -1.17. The molecule has 0 bridgehead atoms. The van der Waals surface area contributed by atoms with Gasteiger partial charge in [-0.05, 0) is 36.7 Å². The van der Waals surface area contributed by atoms with E-state index in [0.29, 0.717) is 6.54 Å². The molecule has 2 rings (SSSR count). The number of nitrogens with one attached hydrogen (secondary N) is 1. The number of nitrogens with zero attached hydrogens (tertiary/aromatic N) is 2. The maximum Gasteiger partial charge on any atom is 0.0914 e. The molecule has 0 radical (unpaired) electrons. The Labute approximate surface area is 121 Å². The van der Waals surface area contributed by atoms with Crippen molar-refractivity contribution in [3.8, 4) is 0 Å². The predicted octanol–water partition coefficient (Wildman–Crippen LogP) is 2.36. The van der Waals surface area contributed by atoms with Crippen molar-refractivity contribution in [2.75, 3.05) is 13.1 Å². The van der Waals surface area contributed by atoms with Crippen molar-refractivity contribution in [1.29, 1.82) is 0 Å². The highest BCUT2D eigenvalue weighted by Gasteiger charge is 2.06. The van der Waals surface area contributed by atoms with Gasteiger partial charge in [0.25, 0.3) is 0 Å². The van der Waals surface area contributed by atoms with Gasteiger partial charge in [0.1, 0.15) is 0 Å². The fourth-order valence-electron chi connectivity index (χ4n) is 1.87. The average Bonchev–Trinajstić information content (AvgIpc) is 2.91. The van der Waals surface area contributed by atoms with E-state index in [4.69, 9.17) is 0 Å². The van der Waals surface area contributed by atoms with Crippen LogP contribution in [0.2, 0.25) is 0 Å². The minimum atomic E-state index is -0.470. The van der Waals surface area contributed by atoms with Crippen LogP contribution in [0.25, 0.3) is 0 Å². The monoisotopic (exact) mass is 323 g/mol. The number of aliphatic hydroxyl groups is 1. The summed E-state index contributed by atoms with van der Waals surface area (Å²) in [4.78, 5) is 0. The third kappa shape index (κ3) is 4.78.